The molecule has 1 aromatic heterocycles. The lowest BCUT2D eigenvalue weighted by atomic mass is 9.91. The predicted octanol–water partition coefficient (Wildman–Crippen LogP) is 5.40. The summed E-state index contributed by atoms with van der Waals surface area (Å²) in [6.45, 7) is 2.59. The van der Waals surface area contributed by atoms with Crippen LogP contribution in [-0.4, -0.2) is 22.3 Å². The summed E-state index contributed by atoms with van der Waals surface area (Å²) in [7, 11) is 0. The van der Waals surface area contributed by atoms with Gasteiger partial charge < -0.3 is 9.88 Å². The monoisotopic (exact) mass is 384 g/mol. The van der Waals surface area contributed by atoms with Crippen molar-refractivity contribution in [3.63, 3.8) is 0 Å². The van der Waals surface area contributed by atoms with Crippen LogP contribution in [0.3, 0.4) is 0 Å². The summed E-state index contributed by atoms with van der Waals surface area (Å²) < 4.78 is 14.4. The van der Waals surface area contributed by atoms with Crippen molar-refractivity contribution in [2.45, 2.75) is 19.4 Å². The van der Waals surface area contributed by atoms with Crippen molar-refractivity contribution in [2.24, 2.45) is 0 Å². The molecule has 4 aromatic rings. The molecular formula is C25H21FN2O. The van der Waals surface area contributed by atoms with Crippen molar-refractivity contribution >= 4 is 16.8 Å². The van der Waals surface area contributed by atoms with E-state index in [9.17, 15) is 9.18 Å². The molecule has 1 N–H and O–H groups in total. The highest BCUT2D eigenvalue weighted by Crippen LogP contribution is 2.39. The van der Waals surface area contributed by atoms with Gasteiger partial charge in [0.25, 0.3) is 5.91 Å². The third kappa shape index (κ3) is 2.92. The molecule has 0 fully saturated rings. The van der Waals surface area contributed by atoms with E-state index in [0.29, 0.717) is 6.54 Å². The van der Waals surface area contributed by atoms with Gasteiger partial charge in [0.05, 0.1) is 11.6 Å². The SMILES string of the molecule is Cc1ccc([C@H]2c3[nH]c4ccccc4c3CCN2C(=O)c2ccccc2F)cc1. The van der Waals surface area contributed by atoms with Crippen LogP contribution in [-0.2, 0) is 6.42 Å². The fraction of sp³-hybridized carbons (Fsp3) is 0.160. The number of rotatable bonds is 2. The Bertz CT molecular complexity index is 1210. The van der Waals surface area contributed by atoms with E-state index in [-0.39, 0.29) is 17.5 Å². The van der Waals surface area contributed by atoms with Crippen molar-refractivity contribution in [3.05, 3.63) is 107 Å². The van der Waals surface area contributed by atoms with Crippen molar-refractivity contribution in [3.8, 4) is 0 Å². The number of aryl methyl sites for hydroxylation is 1. The number of aromatic amines is 1. The summed E-state index contributed by atoms with van der Waals surface area (Å²) in [5.41, 5.74) is 5.62. The zero-order chi connectivity index (χ0) is 20.0. The Balaban J connectivity index is 1.68. The number of hydrogen-bond acceptors (Lipinski definition) is 1. The molecule has 4 heteroatoms. The number of halogens is 1. The van der Waals surface area contributed by atoms with Crippen LogP contribution < -0.4 is 0 Å². The number of amides is 1. The number of carbonyl (C=O) groups is 1. The fourth-order valence-electron chi connectivity index (χ4n) is 4.34. The van der Waals surface area contributed by atoms with Gasteiger partial charge in [-0.25, -0.2) is 4.39 Å². The summed E-state index contributed by atoms with van der Waals surface area (Å²) in [6.07, 6.45) is 0.738. The first kappa shape index (κ1) is 17.7. The van der Waals surface area contributed by atoms with E-state index in [2.05, 4.69) is 41.4 Å². The molecule has 1 aliphatic rings. The van der Waals surface area contributed by atoms with E-state index in [4.69, 9.17) is 0 Å². The van der Waals surface area contributed by atoms with Gasteiger partial charge in [0.2, 0.25) is 0 Å². The molecule has 144 valence electrons. The molecule has 29 heavy (non-hydrogen) atoms. The average Bonchev–Trinajstić information content (AvgIpc) is 3.12. The standard InChI is InChI=1S/C25H21FN2O/c1-16-10-12-17(13-11-16)24-23-19(18-6-3-5-9-22(18)27-23)14-15-28(24)25(29)20-7-2-4-8-21(20)26/h2-13,24,27H,14-15H2,1H3/t24-/m0/s1. The minimum Gasteiger partial charge on any atom is -0.356 e. The maximum atomic E-state index is 14.4. The second-order valence-corrected chi connectivity index (χ2v) is 7.60. The molecule has 0 spiro atoms. The normalized spacial score (nSPS) is 16.1. The number of benzene rings is 3. The summed E-state index contributed by atoms with van der Waals surface area (Å²) in [5.74, 6) is -0.763. The molecule has 5 rings (SSSR count). The van der Waals surface area contributed by atoms with Gasteiger partial charge >= 0.3 is 0 Å². The number of nitrogens with one attached hydrogen (secondary N) is 1. The van der Waals surface area contributed by atoms with Gasteiger partial charge in [-0.3, -0.25) is 4.79 Å². The number of aromatic nitrogens is 1. The molecule has 1 atom stereocenters. The minimum atomic E-state index is -0.484. The molecule has 3 aromatic carbocycles. The fourth-order valence-corrected chi connectivity index (χ4v) is 4.34. The van der Waals surface area contributed by atoms with E-state index >= 15 is 0 Å². The maximum Gasteiger partial charge on any atom is 0.257 e. The smallest absolute Gasteiger partial charge is 0.257 e. The third-order valence-corrected chi connectivity index (χ3v) is 5.79. The van der Waals surface area contributed by atoms with Crippen LogP contribution in [0.2, 0.25) is 0 Å². The number of fused-ring (bicyclic) bond motifs is 3. The van der Waals surface area contributed by atoms with Gasteiger partial charge in [-0.1, -0.05) is 60.2 Å². The zero-order valence-electron chi connectivity index (χ0n) is 16.2. The lowest BCUT2D eigenvalue weighted by molar-refractivity contribution is 0.0687. The van der Waals surface area contributed by atoms with Gasteiger partial charge in [0, 0.05) is 23.1 Å². The maximum absolute atomic E-state index is 14.4. The molecular weight excluding hydrogens is 363 g/mol. The molecule has 3 nitrogen and oxygen atoms in total. The largest absolute Gasteiger partial charge is 0.356 e. The van der Waals surface area contributed by atoms with Crippen LogP contribution in [0.25, 0.3) is 10.9 Å². The molecule has 0 radical (unpaired) electrons. The highest BCUT2D eigenvalue weighted by molar-refractivity contribution is 5.96. The molecule has 1 amide bonds. The van der Waals surface area contributed by atoms with E-state index in [1.165, 1.54) is 17.0 Å². The molecule has 1 aliphatic heterocycles. The molecule has 0 saturated heterocycles. The summed E-state index contributed by atoms with van der Waals surface area (Å²) in [5, 5.41) is 1.19. The first-order valence-electron chi connectivity index (χ1n) is 9.85. The Morgan fingerprint density at radius 2 is 1.72 bits per heavy atom. The predicted molar refractivity (Wildman–Crippen MR) is 112 cm³/mol. The van der Waals surface area contributed by atoms with Crippen molar-refractivity contribution in [1.29, 1.82) is 0 Å². The van der Waals surface area contributed by atoms with E-state index in [1.807, 2.05) is 19.1 Å². The Labute approximate surface area is 168 Å². The third-order valence-electron chi connectivity index (χ3n) is 5.79. The van der Waals surface area contributed by atoms with Crippen molar-refractivity contribution in [1.82, 2.24) is 9.88 Å². The Hall–Kier alpha value is -3.40. The van der Waals surface area contributed by atoms with Crippen LogP contribution in [0, 0.1) is 12.7 Å². The Morgan fingerprint density at radius 3 is 2.52 bits per heavy atom. The molecule has 0 unspecified atom stereocenters. The second kappa shape index (κ2) is 6.89. The van der Waals surface area contributed by atoms with Gasteiger partial charge in [-0.2, -0.15) is 0 Å². The van der Waals surface area contributed by atoms with Gasteiger partial charge in [0.15, 0.2) is 0 Å². The second-order valence-electron chi connectivity index (χ2n) is 7.60. The van der Waals surface area contributed by atoms with Gasteiger partial charge in [-0.15, -0.1) is 0 Å². The lowest BCUT2D eigenvalue weighted by Gasteiger charge is -2.36. The van der Waals surface area contributed by atoms with Crippen LogP contribution >= 0.6 is 0 Å². The zero-order valence-corrected chi connectivity index (χ0v) is 16.2. The van der Waals surface area contributed by atoms with E-state index in [0.717, 1.165) is 28.8 Å². The number of H-pyrrole nitrogens is 1. The van der Waals surface area contributed by atoms with Crippen LogP contribution in [0.5, 0.6) is 0 Å². The summed E-state index contributed by atoms with van der Waals surface area (Å²) >= 11 is 0. The minimum absolute atomic E-state index is 0.115. The number of carbonyl (C=O) groups excluding carboxylic acids is 1. The summed E-state index contributed by atoms with van der Waals surface area (Å²) in [4.78, 5) is 18.7. The van der Waals surface area contributed by atoms with Crippen LogP contribution in [0.1, 0.15) is 38.8 Å². The Morgan fingerprint density at radius 1 is 1.00 bits per heavy atom. The van der Waals surface area contributed by atoms with E-state index < -0.39 is 5.82 Å². The summed E-state index contributed by atoms with van der Waals surface area (Å²) in [6, 6.07) is 22.4. The highest BCUT2D eigenvalue weighted by Gasteiger charge is 2.35. The van der Waals surface area contributed by atoms with Gasteiger partial charge in [0.1, 0.15) is 5.82 Å². The topological polar surface area (TPSA) is 36.1 Å². The van der Waals surface area contributed by atoms with Crippen LogP contribution in [0.15, 0.2) is 72.8 Å². The molecule has 0 aliphatic carbocycles. The average molecular weight is 384 g/mol. The Kier molecular flexibility index (Phi) is 4.20. The molecule has 0 saturated carbocycles. The van der Waals surface area contributed by atoms with Crippen molar-refractivity contribution < 1.29 is 9.18 Å². The van der Waals surface area contributed by atoms with E-state index in [1.54, 1.807) is 23.1 Å². The number of hydrogen-bond donors (Lipinski definition) is 1. The number of nitrogens with zero attached hydrogens (tertiary/aromatic N) is 1. The molecule has 0 bridgehead atoms. The van der Waals surface area contributed by atoms with Crippen LogP contribution in [0.4, 0.5) is 4.39 Å². The van der Waals surface area contributed by atoms with Crippen molar-refractivity contribution in [2.75, 3.05) is 6.54 Å². The highest BCUT2D eigenvalue weighted by atomic mass is 19.1. The molecule has 2 heterocycles. The van der Waals surface area contributed by atoms with Gasteiger partial charge in [-0.05, 0) is 42.7 Å². The first-order valence-corrected chi connectivity index (χ1v) is 9.85. The number of para-hydroxylation sites is 1. The first-order chi connectivity index (χ1) is 14.1. The lowest BCUT2D eigenvalue weighted by Crippen LogP contribution is -2.41. The quantitative estimate of drug-likeness (QED) is 0.493.